The Morgan fingerprint density at radius 1 is 1.30 bits per heavy atom. The van der Waals surface area contributed by atoms with Crippen molar-refractivity contribution < 1.29 is 19.0 Å². The molecule has 0 atom stereocenters. The number of rotatable bonds is 8. The van der Waals surface area contributed by atoms with Gasteiger partial charge in [0.1, 0.15) is 5.82 Å². The highest BCUT2D eigenvalue weighted by Gasteiger charge is 2.51. The maximum atomic E-state index is 13.0. The summed E-state index contributed by atoms with van der Waals surface area (Å²) in [6, 6.07) is 9.44. The summed E-state index contributed by atoms with van der Waals surface area (Å²) >= 11 is 0. The molecule has 2 aliphatic rings. The second-order valence-electron chi connectivity index (χ2n) is 7.16. The number of amides is 1. The Hall–Kier alpha value is -3.61. The number of aromatic nitrogens is 1. The van der Waals surface area contributed by atoms with Crippen molar-refractivity contribution in [2.24, 2.45) is 4.99 Å². The number of fused-ring (bicyclic) bond motifs is 1. The smallest absolute Gasteiger partial charge is 0.236 e. The highest BCUT2D eigenvalue weighted by atomic mass is 16.7. The summed E-state index contributed by atoms with van der Waals surface area (Å²) in [6.07, 6.45) is 9.57. The van der Waals surface area contributed by atoms with Gasteiger partial charge in [0.05, 0.1) is 12.5 Å². The lowest BCUT2D eigenvalue weighted by molar-refractivity contribution is -0.122. The number of pyridine rings is 1. The van der Waals surface area contributed by atoms with Crippen LogP contribution in [0.2, 0.25) is 0 Å². The first kappa shape index (κ1) is 19.7. The van der Waals surface area contributed by atoms with E-state index in [4.69, 9.17) is 14.2 Å². The van der Waals surface area contributed by atoms with Crippen LogP contribution in [0.15, 0.2) is 65.6 Å². The van der Waals surface area contributed by atoms with Gasteiger partial charge >= 0.3 is 0 Å². The standard InChI is InChI=1S/C23H23N3O4/c1-24-20(6-4-3-5-16-7-10-21(28-2)25-14-16)26-22(27)23(11-12-23)17-8-9-18-19(13-17)30-15-29-18/h3-4,6-10,13-14H,1,5,11-12,15H2,2H3,(H,26,27)/b4-3-,20-6+. The third-order valence-corrected chi connectivity index (χ3v) is 5.27. The molecular formula is C23H23N3O4. The van der Waals surface area contributed by atoms with E-state index in [0.717, 1.165) is 24.0 Å². The van der Waals surface area contributed by atoms with Gasteiger partial charge in [-0.15, -0.1) is 0 Å². The van der Waals surface area contributed by atoms with Crippen LogP contribution in [0.1, 0.15) is 24.0 Å². The van der Waals surface area contributed by atoms with Gasteiger partial charge in [-0.3, -0.25) is 4.79 Å². The molecule has 7 heteroatoms. The van der Waals surface area contributed by atoms with Crippen molar-refractivity contribution in [1.29, 1.82) is 0 Å². The molecular weight excluding hydrogens is 382 g/mol. The number of hydrogen-bond acceptors (Lipinski definition) is 6. The zero-order chi connectivity index (χ0) is 21.0. The van der Waals surface area contributed by atoms with E-state index in [-0.39, 0.29) is 12.7 Å². The van der Waals surface area contributed by atoms with Crippen molar-refractivity contribution in [1.82, 2.24) is 10.3 Å². The van der Waals surface area contributed by atoms with Crippen LogP contribution >= 0.6 is 0 Å². The summed E-state index contributed by atoms with van der Waals surface area (Å²) < 4.78 is 15.9. The third-order valence-electron chi connectivity index (χ3n) is 5.27. The molecule has 1 saturated carbocycles. The number of aliphatic imine (C=N–C) groups is 1. The first-order valence-corrected chi connectivity index (χ1v) is 9.69. The van der Waals surface area contributed by atoms with Gasteiger partial charge in [0.15, 0.2) is 11.5 Å². The first-order chi connectivity index (χ1) is 14.6. The van der Waals surface area contributed by atoms with E-state index in [9.17, 15) is 4.79 Å². The predicted molar refractivity (Wildman–Crippen MR) is 113 cm³/mol. The second kappa shape index (κ2) is 8.41. The minimum absolute atomic E-state index is 0.0900. The molecule has 30 heavy (non-hydrogen) atoms. The predicted octanol–water partition coefficient (Wildman–Crippen LogP) is 3.31. The van der Waals surface area contributed by atoms with Crippen molar-refractivity contribution in [3.8, 4) is 17.4 Å². The fraction of sp³-hybridized carbons (Fsp3) is 0.261. The molecule has 4 rings (SSSR count). The van der Waals surface area contributed by atoms with Crippen molar-refractivity contribution in [3.63, 3.8) is 0 Å². The van der Waals surface area contributed by atoms with Crippen molar-refractivity contribution in [2.45, 2.75) is 24.7 Å². The molecule has 0 bridgehead atoms. The van der Waals surface area contributed by atoms with Crippen molar-refractivity contribution in [3.05, 3.63) is 71.7 Å². The number of allylic oxidation sites excluding steroid dienone is 3. The number of carbonyl (C=O) groups is 1. The Kier molecular flexibility index (Phi) is 5.52. The number of hydrogen-bond donors (Lipinski definition) is 1. The van der Waals surface area contributed by atoms with E-state index in [1.54, 1.807) is 19.4 Å². The topological polar surface area (TPSA) is 82.0 Å². The van der Waals surface area contributed by atoms with Gasteiger partial charge in [0.2, 0.25) is 18.6 Å². The summed E-state index contributed by atoms with van der Waals surface area (Å²) in [5.74, 6) is 2.30. The fourth-order valence-corrected chi connectivity index (χ4v) is 3.35. The van der Waals surface area contributed by atoms with Crippen LogP contribution in [0.5, 0.6) is 17.4 Å². The van der Waals surface area contributed by atoms with Gasteiger partial charge in [-0.1, -0.05) is 24.3 Å². The zero-order valence-corrected chi connectivity index (χ0v) is 16.8. The Morgan fingerprint density at radius 2 is 2.13 bits per heavy atom. The molecule has 1 fully saturated rings. The normalized spacial score (nSPS) is 16.4. The Morgan fingerprint density at radius 3 is 2.83 bits per heavy atom. The molecule has 0 saturated heterocycles. The highest BCUT2D eigenvalue weighted by molar-refractivity contribution is 5.92. The lowest BCUT2D eigenvalue weighted by Crippen LogP contribution is -2.33. The van der Waals surface area contributed by atoms with Gasteiger partial charge in [-0.2, -0.15) is 0 Å². The monoisotopic (exact) mass is 405 g/mol. The molecule has 2 aromatic rings. The van der Waals surface area contributed by atoms with E-state index >= 15 is 0 Å². The molecule has 0 unspecified atom stereocenters. The Labute approximate surface area is 175 Å². The van der Waals surface area contributed by atoms with Crippen LogP contribution in [0.4, 0.5) is 0 Å². The van der Waals surface area contributed by atoms with E-state index in [1.165, 1.54) is 0 Å². The molecule has 0 spiro atoms. The quantitative estimate of drug-likeness (QED) is 0.538. The average molecular weight is 405 g/mol. The van der Waals surface area contributed by atoms with E-state index in [2.05, 4.69) is 22.0 Å². The van der Waals surface area contributed by atoms with Gasteiger partial charge < -0.3 is 19.5 Å². The molecule has 7 nitrogen and oxygen atoms in total. The maximum absolute atomic E-state index is 13.0. The minimum atomic E-state index is -0.552. The number of methoxy groups -OCH3 is 1. The van der Waals surface area contributed by atoms with Gasteiger partial charge in [-0.25, -0.2) is 9.98 Å². The first-order valence-electron chi connectivity index (χ1n) is 9.69. The Balaban J connectivity index is 1.39. The molecule has 1 aromatic carbocycles. The number of benzene rings is 1. The number of ether oxygens (including phenoxy) is 3. The van der Waals surface area contributed by atoms with Crippen LogP contribution in [-0.4, -0.2) is 31.5 Å². The molecule has 0 radical (unpaired) electrons. The lowest BCUT2D eigenvalue weighted by atomic mass is 9.94. The number of carbonyl (C=O) groups excluding carboxylic acids is 1. The van der Waals surface area contributed by atoms with E-state index in [0.29, 0.717) is 29.6 Å². The molecule has 1 aliphatic heterocycles. The molecule has 154 valence electrons. The number of nitrogens with one attached hydrogen (secondary N) is 1. The van der Waals surface area contributed by atoms with Crippen molar-refractivity contribution in [2.75, 3.05) is 13.9 Å². The Bertz CT molecular complexity index is 1010. The second-order valence-corrected chi connectivity index (χ2v) is 7.16. The van der Waals surface area contributed by atoms with E-state index in [1.807, 2.05) is 42.5 Å². The molecule has 1 aliphatic carbocycles. The highest BCUT2D eigenvalue weighted by Crippen LogP contribution is 2.50. The van der Waals surface area contributed by atoms with Crippen molar-refractivity contribution >= 4 is 12.6 Å². The molecule has 1 amide bonds. The SMILES string of the molecule is C=N/C(=C\C=C/Cc1ccc(OC)nc1)NC(=O)C1(c2ccc3c(c2)OCO3)CC1. The molecule has 2 heterocycles. The summed E-state index contributed by atoms with van der Waals surface area (Å²) in [6.45, 7) is 3.78. The lowest BCUT2D eigenvalue weighted by Gasteiger charge is -2.16. The van der Waals surface area contributed by atoms with Crippen LogP contribution in [0, 0.1) is 0 Å². The average Bonchev–Trinajstić information content (AvgIpc) is 3.47. The fourth-order valence-electron chi connectivity index (χ4n) is 3.35. The largest absolute Gasteiger partial charge is 0.481 e. The summed E-state index contributed by atoms with van der Waals surface area (Å²) in [7, 11) is 1.59. The van der Waals surface area contributed by atoms with E-state index < -0.39 is 5.41 Å². The van der Waals surface area contributed by atoms with Gasteiger partial charge in [0.25, 0.3) is 0 Å². The number of nitrogens with zero attached hydrogens (tertiary/aromatic N) is 2. The summed E-state index contributed by atoms with van der Waals surface area (Å²) in [5.41, 5.74) is 1.43. The van der Waals surface area contributed by atoms with Gasteiger partial charge in [-0.05, 0) is 55.3 Å². The zero-order valence-electron chi connectivity index (χ0n) is 16.8. The van der Waals surface area contributed by atoms with Crippen LogP contribution in [-0.2, 0) is 16.6 Å². The van der Waals surface area contributed by atoms with Gasteiger partial charge in [0, 0.05) is 12.3 Å². The van der Waals surface area contributed by atoms with Crippen LogP contribution in [0.25, 0.3) is 0 Å². The maximum Gasteiger partial charge on any atom is 0.236 e. The molecule has 1 N–H and O–H groups in total. The van der Waals surface area contributed by atoms with Crippen LogP contribution in [0.3, 0.4) is 0 Å². The molecule has 1 aromatic heterocycles. The summed E-state index contributed by atoms with van der Waals surface area (Å²) in [4.78, 5) is 21.1. The summed E-state index contributed by atoms with van der Waals surface area (Å²) in [5, 5.41) is 2.89. The van der Waals surface area contributed by atoms with Crippen LogP contribution < -0.4 is 19.5 Å². The minimum Gasteiger partial charge on any atom is -0.481 e. The third kappa shape index (κ3) is 4.05.